The van der Waals surface area contributed by atoms with E-state index in [1.54, 1.807) is 25.6 Å². The van der Waals surface area contributed by atoms with Gasteiger partial charge in [0.05, 0.1) is 24.8 Å². The molecule has 0 saturated heterocycles. The summed E-state index contributed by atoms with van der Waals surface area (Å²) in [5.41, 5.74) is 9.00. The monoisotopic (exact) mass is 436 g/mol. The Morgan fingerprint density at radius 1 is 0.935 bits per heavy atom. The molecule has 1 heterocycles. The lowest BCUT2D eigenvalue weighted by Gasteiger charge is -2.32. The van der Waals surface area contributed by atoms with Gasteiger partial charge in [-0.25, -0.2) is 4.98 Å². The minimum atomic E-state index is 0.0585. The van der Waals surface area contributed by atoms with Crippen LogP contribution >= 0.6 is 11.3 Å². The molecule has 1 saturated carbocycles. The van der Waals surface area contributed by atoms with E-state index in [0.29, 0.717) is 0 Å². The number of nitrogens with one attached hydrogen (secondary N) is 1. The molecular formula is C24H28N4O2S. The highest BCUT2D eigenvalue weighted by Crippen LogP contribution is 2.42. The minimum Gasteiger partial charge on any atom is -0.497 e. The van der Waals surface area contributed by atoms with Crippen molar-refractivity contribution in [2.75, 3.05) is 19.1 Å². The Bertz CT molecular complexity index is 960. The zero-order chi connectivity index (χ0) is 21.8. The van der Waals surface area contributed by atoms with Gasteiger partial charge in [-0.1, -0.05) is 30.6 Å². The van der Waals surface area contributed by atoms with Crippen LogP contribution in [0, 0.1) is 5.41 Å². The van der Waals surface area contributed by atoms with Gasteiger partial charge in [0, 0.05) is 11.6 Å². The summed E-state index contributed by atoms with van der Waals surface area (Å²) < 4.78 is 10.6. The van der Waals surface area contributed by atoms with E-state index in [1.165, 1.54) is 6.42 Å². The lowest BCUT2D eigenvalue weighted by Crippen LogP contribution is -2.45. The number of thiazole rings is 1. The molecule has 31 heavy (non-hydrogen) atoms. The number of ether oxygens (including phenoxy) is 2. The second-order valence-corrected chi connectivity index (χ2v) is 8.66. The van der Waals surface area contributed by atoms with Gasteiger partial charge in [0.15, 0.2) is 11.1 Å². The molecule has 0 unspecified atom stereocenters. The van der Waals surface area contributed by atoms with Crippen molar-refractivity contribution in [1.82, 2.24) is 4.98 Å². The van der Waals surface area contributed by atoms with E-state index in [4.69, 9.17) is 25.6 Å². The first kappa shape index (κ1) is 21.2. The number of hydrogen-bond acceptors (Lipinski definition) is 5. The van der Waals surface area contributed by atoms with Crippen LogP contribution in [0.15, 0.2) is 48.5 Å². The number of nitrogens with zero attached hydrogens (tertiary/aromatic N) is 2. The Labute approximate surface area is 187 Å². The summed E-state index contributed by atoms with van der Waals surface area (Å²) in [7, 11) is 3.32. The number of guanidine groups is 1. The predicted molar refractivity (Wildman–Crippen MR) is 127 cm³/mol. The zero-order valence-electron chi connectivity index (χ0n) is 17.9. The Morgan fingerprint density at radius 2 is 1.48 bits per heavy atom. The van der Waals surface area contributed by atoms with Crippen LogP contribution in [0.3, 0.4) is 0 Å². The fraction of sp³-hybridized carbons (Fsp3) is 0.333. The highest BCUT2D eigenvalue weighted by atomic mass is 32.1. The van der Waals surface area contributed by atoms with Gasteiger partial charge in [-0.2, -0.15) is 0 Å². The SMILES string of the molecule is COc1ccc(-c2nc(N(C(=N)N)C3CCCCC3)sc2-c2ccc(OC)cc2)cc1. The molecule has 0 spiro atoms. The van der Waals surface area contributed by atoms with Crippen molar-refractivity contribution in [2.24, 2.45) is 5.73 Å². The van der Waals surface area contributed by atoms with Gasteiger partial charge in [0.25, 0.3) is 0 Å². The first-order valence-corrected chi connectivity index (χ1v) is 11.4. The maximum atomic E-state index is 8.26. The third-order valence-corrected chi connectivity index (χ3v) is 6.84. The molecule has 2 aromatic carbocycles. The average molecular weight is 437 g/mol. The van der Waals surface area contributed by atoms with E-state index in [2.05, 4.69) is 0 Å². The van der Waals surface area contributed by atoms with Crippen molar-refractivity contribution in [1.29, 1.82) is 5.41 Å². The first-order chi connectivity index (χ1) is 15.1. The molecule has 4 rings (SSSR count). The summed E-state index contributed by atoms with van der Waals surface area (Å²) >= 11 is 1.58. The van der Waals surface area contributed by atoms with Crippen molar-refractivity contribution in [3.63, 3.8) is 0 Å². The van der Waals surface area contributed by atoms with Crippen LogP contribution in [0.25, 0.3) is 21.7 Å². The summed E-state index contributed by atoms with van der Waals surface area (Å²) in [6.07, 6.45) is 5.64. The molecule has 3 N–H and O–H groups in total. The standard InChI is InChI=1S/C24H28N4O2S/c1-29-19-12-8-16(9-13-19)21-22(17-10-14-20(30-2)15-11-17)31-24(27-21)28(23(25)26)18-6-4-3-5-7-18/h8-15,18H,3-7H2,1-2H3,(H3,25,26). The third-order valence-electron chi connectivity index (χ3n) is 5.74. The molecule has 1 fully saturated rings. The lowest BCUT2D eigenvalue weighted by atomic mass is 9.94. The molecule has 6 nitrogen and oxygen atoms in total. The summed E-state index contributed by atoms with van der Waals surface area (Å²) in [5.74, 6) is 1.67. The molecule has 0 radical (unpaired) electrons. The van der Waals surface area contributed by atoms with Crippen molar-refractivity contribution in [3.05, 3.63) is 48.5 Å². The molecule has 1 aromatic heterocycles. The van der Waals surface area contributed by atoms with Crippen LogP contribution in [0.1, 0.15) is 32.1 Å². The van der Waals surface area contributed by atoms with Gasteiger partial charge in [0.2, 0.25) is 0 Å². The van der Waals surface area contributed by atoms with E-state index in [9.17, 15) is 0 Å². The quantitative estimate of drug-likeness (QED) is 0.392. The number of benzene rings is 2. The van der Waals surface area contributed by atoms with Crippen molar-refractivity contribution < 1.29 is 9.47 Å². The molecular weight excluding hydrogens is 408 g/mol. The van der Waals surface area contributed by atoms with E-state index in [1.807, 2.05) is 53.4 Å². The minimum absolute atomic E-state index is 0.0585. The van der Waals surface area contributed by atoms with Gasteiger partial charge in [-0.3, -0.25) is 10.3 Å². The molecule has 0 aliphatic heterocycles. The Kier molecular flexibility index (Phi) is 6.42. The molecule has 0 bridgehead atoms. The molecule has 7 heteroatoms. The molecule has 3 aromatic rings. The fourth-order valence-corrected chi connectivity index (χ4v) is 5.27. The van der Waals surface area contributed by atoms with E-state index < -0.39 is 0 Å². The molecule has 0 atom stereocenters. The Hall–Kier alpha value is -3.06. The van der Waals surface area contributed by atoms with Gasteiger partial charge in [-0.05, 0) is 66.9 Å². The van der Waals surface area contributed by atoms with Crippen LogP contribution in [-0.4, -0.2) is 31.2 Å². The normalized spacial score (nSPS) is 14.3. The molecule has 0 amide bonds. The maximum absolute atomic E-state index is 8.26. The number of hydrogen-bond donors (Lipinski definition) is 2. The number of aromatic nitrogens is 1. The van der Waals surface area contributed by atoms with Gasteiger partial charge >= 0.3 is 0 Å². The zero-order valence-corrected chi connectivity index (χ0v) is 18.7. The molecule has 1 aliphatic carbocycles. The highest BCUT2D eigenvalue weighted by molar-refractivity contribution is 7.19. The third kappa shape index (κ3) is 4.51. The topological polar surface area (TPSA) is 84.5 Å². The number of anilines is 1. The second kappa shape index (κ2) is 9.39. The van der Waals surface area contributed by atoms with Crippen LogP contribution in [0.5, 0.6) is 11.5 Å². The number of nitrogens with two attached hydrogens (primary N) is 1. The highest BCUT2D eigenvalue weighted by Gasteiger charge is 2.28. The molecule has 162 valence electrons. The predicted octanol–water partition coefficient (Wildman–Crippen LogP) is 5.53. The fourth-order valence-electron chi connectivity index (χ4n) is 4.09. The average Bonchev–Trinajstić information content (AvgIpc) is 3.24. The van der Waals surface area contributed by atoms with Gasteiger partial charge in [0.1, 0.15) is 11.5 Å². The summed E-state index contributed by atoms with van der Waals surface area (Å²) in [6.45, 7) is 0. The van der Waals surface area contributed by atoms with Crippen molar-refractivity contribution in [2.45, 2.75) is 38.1 Å². The van der Waals surface area contributed by atoms with Crippen LogP contribution < -0.4 is 20.1 Å². The smallest absolute Gasteiger partial charge is 0.195 e. The van der Waals surface area contributed by atoms with Gasteiger partial charge in [-0.15, -0.1) is 0 Å². The lowest BCUT2D eigenvalue weighted by molar-refractivity contribution is 0.414. The van der Waals surface area contributed by atoms with Crippen LogP contribution in [0.4, 0.5) is 5.13 Å². The number of rotatable bonds is 6. The summed E-state index contributed by atoms with van der Waals surface area (Å²) in [4.78, 5) is 7.97. The molecule has 1 aliphatic rings. The Morgan fingerprint density at radius 3 is 2.00 bits per heavy atom. The van der Waals surface area contributed by atoms with E-state index in [0.717, 1.165) is 64.0 Å². The number of methoxy groups -OCH3 is 2. The first-order valence-electron chi connectivity index (χ1n) is 10.5. The summed E-state index contributed by atoms with van der Waals surface area (Å²) in [5, 5.41) is 9.03. The summed E-state index contributed by atoms with van der Waals surface area (Å²) in [6, 6.07) is 16.1. The van der Waals surface area contributed by atoms with E-state index in [-0.39, 0.29) is 12.0 Å². The van der Waals surface area contributed by atoms with E-state index >= 15 is 0 Å². The maximum Gasteiger partial charge on any atom is 0.195 e. The van der Waals surface area contributed by atoms with Gasteiger partial charge < -0.3 is 15.2 Å². The van der Waals surface area contributed by atoms with Crippen LogP contribution in [-0.2, 0) is 0 Å². The van der Waals surface area contributed by atoms with Crippen molar-refractivity contribution in [3.8, 4) is 33.2 Å². The van der Waals surface area contributed by atoms with Crippen molar-refractivity contribution >= 4 is 22.4 Å². The Balaban J connectivity index is 1.80. The largest absolute Gasteiger partial charge is 0.497 e. The second-order valence-electron chi connectivity index (χ2n) is 7.68. The van der Waals surface area contributed by atoms with Crippen LogP contribution in [0.2, 0.25) is 0 Å².